The van der Waals surface area contributed by atoms with Crippen LogP contribution in [0, 0.1) is 11.8 Å². The number of hydrogen-bond donors (Lipinski definition) is 1. The molecule has 1 aromatic rings. The molecule has 5 heteroatoms. The molecule has 0 radical (unpaired) electrons. The van der Waals surface area contributed by atoms with E-state index in [0.717, 1.165) is 50.8 Å². The van der Waals surface area contributed by atoms with E-state index in [-0.39, 0.29) is 6.10 Å². The first kappa shape index (κ1) is 12.1. The molecule has 0 saturated heterocycles. The highest BCUT2D eigenvalue weighted by atomic mass is 16.3. The molecule has 3 rings (SSSR count). The summed E-state index contributed by atoms with van der Waals surface area (Å²) in [5.74, 6) is 2.25. The van der Waals surface area contributed by atoms with Crippen LogP contribution in [-0.2, 0) is 13.1 Å². The molecule has 2 aliphatic rings. The van der Waals surface area contributed by atoms with Crippen LogP contribution in [-0.4, -0.2) is 44.0 Å². The molecule has 2 heterocycles. The average Bonchev–Trinajstić information content (AvgIpc) is 2.81. The molecule has 1 aromatic heterocycles. The van der Waals surface area contributed by atoms with E-state index in [1.54, 1.807) is 0 Å². The van der Waals surface area contributed by atoms with E-state index in [1.165, 1.54) is 6.42 Å². The summed E-state index contributed by atoms with van der Waals surface area (Å²) in [4.78, 5) is 2.41. The van der Waals surface area contributed by atoms with Gasteiger partial charge in [-0.1, -0.05) is 6.92 Å². The Morgan fingerprint density at radius 3 is 3.17 bits per heavy atom. The number of aromatic nitrogens is 3. The first-order valence-corrected chi connectivity index (χ1v) is 6.99. The van der Waals surface area contributed by atoms with Gasteiger partial charge in [0.15, 0.2) is 0 Å². The lowest BCUT2D eigenvalue weighted by atomic mass is 9.80. The van der Waals surface area contributed by atoms with Crippen LogP contribution in [0.2, 0.25) is 0 Å². The lowest BCUT2D eigenvalue weighted by molar-refractivity contribution is 0.0251. The number of aliphatic hydroxyl groups is 1. The van der Waals surface area contributed by atoms with Crippen molar-refractivity contribution in [2.24, 2.45) is 11.8 Å². The van der Waals surface area contributed by atoms with Gasteiger partial charge < -0.3 is 9.67 Å². The smallest absolute Gasteiger partial charge is 0.147 e. The topological polar surface area (TPSA) is 54.2 Å². The van der Waals surface area contributed by atoms with Gasteiger partial charge in [-0.3, -0.25) is 4.90 Å². The Bertz CT molecular complexity index is 405. The van der Waals surface area contributed by atoms with E-state index in [4.69, 9.17) is 0 Å². The summed E-state index contributed by atoms with van der Waals surface area (Å²) in [5.41, 5.74) is 0. The highest BCUT2D eigenvalue weighted by molar-refractivity contribution is 4.91. The van der Waals surface area contributed by atoms with Crippen molar-refractivity contribution >= 4 is 0 Å². The molecule has 5 nitrogen and oxygen atoms in total. The van der Waals surface area contributed by atoms with Gasteiger partial charge in [0.05, 0.1) is 12.6 Å². The fraction of sp³-hybridized carbons (Fsp3) is 0.846. The second-order valence-electron chi connectivity index (χ2n) is 5.92. The van der Waals surface area contributed by atoms with E-state index in [0.29, 0.717) is 5.92 Å². The maximum atomic E-state index is 10.1. The summed E-state index contributed by atoms with van der Waals surface area (Å²) in [6.45, 7) is 6.19. The second kappa shape index (κ2) is 4.97. The molecule has 0 amide bonds. The lowest BCUT2D eigenvalue weighted by Gasteiger charge is -2.36. The van der Waals surface area contributed by atoms with Gasteiger partial charge in [-0.05, 0) is 31.1 Å². The molecule has 3 atom stereocenters. The summed E-state index contributed by atoms with van der Waals surface area (Å²) in [5, 5.41) is 18.2. The third kappa shape index (κ3) is 2.42. The Morgan fingerprint density at radius 1 is 1.39 bits per heavy atom. The number of hydrogen-bond acceptors (Lipinski definition) is 4. The standard InChI is InChI=1S/C13H22N4O/c1-10-2-3-12(18)11(6-10)7-16-4-5-17-9-14-15-13(17)8-16/h9-12,18H,2-8H2,1H3. The zero-order valence-corrected chi connectivity index (χ0v) is 11.0. The molecule has 0 bridgehead atoms. The van der Waals surface area contributed by atoms with Gasteiger partial charge in [-0.2, -0.15) is 0 Å². The van der Waals surface area contributed by atoms with Gasteiger partial charge in [0.1, 0.15) is 12.2 Å². The summed E-state index contributed by atoms with van der Waals surface area (Å²) in [6.07, 6.45) is 5.00. The normalized spacial score (nSPS) is 33.3. The number of aliphatic hydroxyl groups excluding tert-OH is 1. The average molecular weight is 250 g/mol. The van der Waals surface area contributed by atoms with Crippen LogP contribution in [0.15, 0.2) is 6.33 Å². The van der Waals surface area contributed by atoms with Crippen LogP contribution in [0.5, 0.6) is 0 Å². The van der Waals surface area contributed by atoms with Gasteiger partial charge in [-0.15, -0.1) is 10.2 Å². The zero-order chi connectivity index (χ0) is 12.5. The molecular formula is C13H22N4O. The first-order chi connectivity index (χ1) is 8.72. The van der Waals surface area contributed by atoms with Crippen molar-refractivity contribution in [3.8, 4) is 0 Å². The molecule has 1 N–H and O–H groups in total. The second-order valence-corrected chi connectivity index (χ2v) is 5.92. The van der Waals surface area contributed by atoms with E-state index in [9.17, 15) is 5.11 Å². The Balaban J connectivity index is 1.60. The van der Waals surface area contributed by atoms with E-state index in [1.807, 2.05) is 6.33 Å². The maximum Gasteiger partial charge on any atom is 0.147 e. The molecular weight excluding hydrogens is 228 g/mol. The van der Waals surface area contributed by atoms with Crippen LogP contribution < -0.4 is 0 Å². The van der Waals surface area contributed by atoms with Gasteiger partial charge in [0, 0.05) is 19.6 Å². The summed E-state index contributed by atoms with van der Waals surface area (Å²) < 4.78 is 2.12. The molecule has 18 heavy (non-hydrogen) atoms. The van der Waals surface area contributed by atoms with Gasteiger partial charge in [0.25, 0.3) is 0 Å². The van der Waals surface area contributed by atoms with Crippen LogP contribution in [0.25, 0.3) is 0 Å². The fourth-order valence-electron chi connectivity index (χ4n) is 3.28. The summed E-state index contributed by atoms with van der Waals surface area (Å²) in [7, 11) is 0. The Labute approximate surface area is 108 Å². The number of rotatable bonds is 2. The SMILES string of the molecule is CC1CCC(O)C(CN2CCn3cnnc3C2)C1. The Morgan fingerprint density at radius 2 is 2.28 bits per heavy atom. The molecule has 100 valence electrons. The monoisotopic (exact) mass is 250 g/mol. The zero-order valence-electron chi connectivity index (χ0n) is 11.0. The van der Waals surface area contributed by atoms with Crippen molar-refractivity contribution in [2.75, 3.05) is 13.1 Å². The predicted molar refractivity (Wildman–Crippen MR) is 67.8 cm³/mol. The maximum absolute atomic E-state index is 10.1. The number of fused-ring (bicyclic) bond motifs is 1. The number of nitrogens with zero attached hydrogens (tertiary/aromatic N) is 4. The molecule has 1 aliphatic heterocycles. The van der Waals surface area contributed by atoms with Crippen molar-refractivity contribution in [3.63, 3.8) is 0 Å². The van der Waals surface area contributed by atoms with E-state index >= 15 is 0 Å². The largest absolute Gasteiger partial charge is 0.393 e. The van der Waals surface area contributed by atoms with Crippen LogP contribution in [0.1, 0.15) is 32.0 Å². The van der Waals surface area contributed by atoms with E-state index < -0.39 is 0 Å². The molecule has 0 aromatic carbocycles. The minimum Gasteiger partial charge on any atom is -0.393 e. The summed E-state index contributed by atoms with van der Waals surface area (Å²) in [6, 6.07) is 0. The first-order valence-electron chi connectivity index (χ1n) is 6.99. The molecule has 1 aliphatic carbocycles. The minimum atomic E-state index is -0.110. The van der Waals surface area contributed by atoms with E-state index in [2.05, 4.69) is 26.6 Å². The van der Waals surface area contributed by atoms with Crippen LogP contribution in [0.3, 0.4) is 0 Å². The highest BCUT2D eigenvalue weighted by Gasteiger charge is 2.29. The lowest BCUT2D eigenvalue weighted by Crippen LogP contribution is -2.42. The molecule has 1 saturated carbocycles. The van der Waals surface area contributed by atoms with Crippen molar-refractivity contribution in [2.45, 2.75) is 45.4 Å². The quantitative estimate of drug-likeness (QED) is 0.847. The molecule has 3 unspecified atom stereocenters. The van der Waals surface area contributed by atoms with Crippen LogP contribution in [0.4, 0.5) is 0 Å². The highest BCUT2D eigenvalue weighted by Crippen LogP contribution is 2.30. The van der Waals surface area contributed by atoms with Gasteiger partial charge in [-0.25, -0.2) is 0 Å². The minimum absolute atomic E-state index is 0.110. The molecule has 0 spiro atoms. The summed E-state index contributed by atoms with van der Waals surface area (Å²) >= 11 is 0. The van der Waals surface area contributed by atoms with Crippen molar-refractivity contribution < 1.29 is 5.11 Å². The molecule has 1 fully saturated rings. The third-order valence-electron chi connectivity index (χ3n) is 4.42. The predicted octanol–water partition coefficient (Wildman–Crippen LogP) is 0.891. The van der Waals surface area contributed by atoms with Gasteiger partial charge >= 0.3 is 0 Å². The Kier molecular flexibility index (Phi) is 3.35. The van der Waals surface area contributed by atoms with Crippen molar-refractivity contribution in [1.82, 2.24) is 19.7 Å². The Hall–Kier alpha value is -0.940. The van der Waals surface area contributed by atoms with Crippen molar-refractivity contribution in [3.05, 3.63) is 12.2 Å². The van der Waals surface area contributed by atoms with Gasteiger partial charge in [0.2, 0.25) is 0 Å². The van der Waals surface area contributed by atoms with Crippen molar-refractivity contribution in [1.29, 1.82) is 0 Å². The van der Waals surface area contributed by atoms with Crippen LogP contribution >= 0.6 is 0 Å². The fourth-order valence-corrected chi connectivity index (χ4v) is 3.28. The third-order valence-corrected chi connectivity index (χ3v) is 4.42.